The van der Waals surface area contributed by atoms with Crippen molar-refractivity contribution < 1.29 is 28.2 Å². The highest BCUT2D eigenvalue weighted by atomic mass is 16.5. The van der Waals surface area contributed by atoms with Gasteiger partial charge in [0.25, 0.3) is 5.91 Å². The van der Waals surface area contributed by atoms with E-state index in [0.29, 0.717) is 45.7 Å². The van der Waals surface area contributed by atoms with Crippen LogP contribution in [0.15, 0.2) is 36.4 Å². The lowest BCUT2D eigenvalue weighted by Gasteiger charge is -2.35. The molecule has 1 amide bonds. The summed E-state index contributed by atoms with van der Waals surface area (Å²) in [7, 11) is 7.04. The number of ether oxygens (including phenoxy) is 4. The number of carbonyl (C=O) groups excluding carboxylic acids is 1. The molecule has 0 aliphatic carbocycles. The van der Waals surface area contributed by atoms with Crippen LogP contribution in [0, 0.1) is 5.92 Å². The number of anilines is 1. The van der Waals surface area contributed by atoms with Crippen molar-refractivity contribution in [3.05, 3.63) is 42.0 Å². The zero-order chi connectivity index (χ0) is 24.0. The number of carbonyl (C=O) groups is 1. The molecule has 0 saturated carbocycles. The zero-order valence-corrected chi connectivity index (χ0v) is 20.6. The fraction of sp³-hybridized carbons (Fsp3) is 0.500. The van der Waals surface area contributed by atoms with E-state index in [2.05, 4.69) is 26.2 Å². The third-order valence-corrected chi connectivity index (χ3v) is 6.20. The van der Waals surface area contributed by atoms with Gasteiger partial charge in [-0.1, -0.05) is 13.8 Å². The van der Waals surface area contributed by atoms with Gasteiger partial charge in [0.2, 0.25) is 0 Å². The van der Waals surface area contributed by atoms with Crippen molar-refractivity contribution in [2.45, 2.75) is 39.3 Å². The highest BCUT2D eigenvalue weighted by Gasteiger charge is 2.43. The first-order valence-corrected chi connectivity index (χ1v) is 11.5. The van der Waals surface area contributed by atoms with Crippen LogP contribution in [0.1, 0.15) is 32.3 Å². The molecule has 2 aromatic carbocycles. The topological polar surface area (TPSA) is 66.0 Å². The Morgan fingerprint density at radius 3 is 2.33 bits per heavy atom. The monoisotopic (exact) mass is 457 g/mol. The van der Waals surface area contributed by atoms with Gasteiger partial charge in [0.1, 0.15) is 6.54 Å². The van der Waals surface area contributed by atoms with Gasteiger partial charge in [0.15, 0.2) is 29.0 Å². The molecule has 7 heteroatoms. The van der Waals surface area contributed by atoms with Crippen LogP contribution in [-0.2, 0) is 11.3 Å². The van der Waals surface area contributed by atoms with Crippen LogP contribution >= 0.6 is 0 Å². The minimum atomic E-state index is -0.139. The normalized spacial score (nSPS) is 19.9. The SMILES string of the molecule is COc1ccc(C[N+]2(C)CCCC2C(=O)Nc2ccc(OC)c(OCC(C)C)c2)cc1OC. The number of benzene rings is 2. The molecule has 3 rings (SSSR count). The van der Waals surface area contributed by atoms with E-state index < -0.39 is 0 Å². The van der Waals surface area contributed by atoms with E-state index in [1.165, 1.54) is 0 Å². The maximum atomic E-state index is 13.3. The first-order valence-electron chi connectivity index (χ1n) is 11.5. The molecule has 1 saturated heterocycles. The molecular formula is C26H37N2O5+. The van der Waals surface area contributed by atoms with Crippen LogP contribution in [0.5, 0.6) is 23.0 Å². The quantitative estimate of drug-likeness (QED) is 0.533. The standard InChI is InChI=1S/C26H36N2O5/c1-18(2)17-33-25-15-20(10-12-23(25)31-5)27-26(29)21-8-7-13-28(21,3)16-19-9-11-22(30-4)24(14-19)32-6/h9-12,14-15,18,21H,7-8,13,16-17H2,1-6H3/p+1. The lowest BCUT2D eigenvalue weighted by molar-refractivity contribution is -0.925. The third kappa shape index (κ3) is 5.90. The maximum Gasteiger partial charge on any atom is 0.282 e. The molecule has 2 unspecified atom stereocenters. The van der Waals surface area contributed by atoms with Gasteiger partial charge in [-0.25, -0.2) is 0 Å². The van der Waals surface area contributed by atoms with Gasteiger partial charge in [-0.15, -0.1) is 0 Å². The Hall–Kier alpha value is -2.93. The number of quaternary nitrogens is 1. The summed E-state index contributed by atoms with van der Waals surface area (Å²) in [4.78, 5) is 13.3. The van der Waals surface area contributed by atoms with Crippen molar-refractivity contribution in [1.29, 1.82) is 0 Å². The Morgan fingerprint density at radius 2 is 1.67 bits per heavy atom. The molecule has 1 N–H and O–H groups in total. The summed E-state index contributed by atoms with van der Waals surface area (Å²) in [5.41, 5.74) is 1.83. The van der Waals surface area contributed by atoms with Gasteiger partial charge < -0.3 is 28.7 Å². The second kappa shape index (κ2) is 10.8. The van der Waals surface area contributed by atoms with E-state index in [4.69, 9.17) is 18.9 Å². The van der Waals surface area contributed by atoms with Crippen LogP contribution in [0.25, 0.3) is 0 Å². The number of hydrogen-bond donors (Lipinski definition) is 1. The molecule has 33 heavy (non-hydrogen) atoms. The first kappa shape index (κ1) is 24.7. The summed E-state index contributed by atoms with van der Waals surface area (Å²) in [5.74, 6) is 3.11. The Balaban J connectivity index is 1.75. The van der Waals surface area contributed by atoms with E-state index in [1.807, 2.05) is 36.4 Å². The second-order valence-corrected chi connectivity index (χ2v) is 9.27. The van der Waals surface area contributed by atoms with Crippen LogP contribution in [0.2, 0.25) is 0 Å². The summed E-state index contributed by atoms with van der Waals surface area (Å²) >= 11 is 0. The first-order chi connectivity index (χ1) is 15.8. The number of nitrogens with one attached hydrogen (secondary N) is 1. The number of amides is 1. The van der Waals surface area contributed by atoms with Crippen molar-refractivity contribution in [3.8, 4) is 23.0 Å². The van der Waals surface area contributed by atoms with Gasteiger partial charge in [-0.3, -0.25) is 4.79 Å². The minimum Gasteiger partial charge on any atom is -0.493 e. The average Bonchev–Trinajstić information content (AvgIpc) is 3.18. The summed E-state index contributed by atoms with van der Waals surface area (Å²) in [5, 5.41) is 3.11. The van der Waals surface area contributed by atoms with E-state index in [-0.39, 0.29) is 11.9 Å². The Kier molecular flexibility index (Phi) is 8.08. The molecule has 1 aliphatic rings. The number of likely N-dealkylation sites (tertiary alicyclic amines) is 1. The second-order valence-electron chi connectivity index (χ2n) is 9.27. The fourth-order valence-electron chi connectivity index (χ4n) is 4.46. The number of likely N-dealkylation sites (N-methyl/N-ethyl adjacent to an activating group) is 1. The molecule has 1 fully saturated rings. The van der Waals surface area contributed by atoms with Crippen molar-refractivity contribution in [2.24, 2.45) is 5.92 Å². The number of hydrogen-bond acceptors (Lipinski definition) is 5. The van der Waals surface area contributed by atoms with Gasteiger partial charge >= 0.3 is 0 Å². The predicted molar refractivity (Wildman–Crippen MR) is 129 cm³/mol. The fourth-order valence-corrected chi connectivity index (χ4v) is 4.46. The van der Waals surface area contributed by atoms with E-state index in [0.717, 1.165) is 31.5 Å². The summed E-state index contributed by atoms with van der Waals surface area (Å²) in [6.07, 6.45) is 1.86. The molecule has 1 heterocycles. The molecule has 0 aromatic heterocycles. The lowest BCUT2D eigenvalue weighted by atomic mass is 10.1. The highest BCUT2D eigenvalue weighted by Crippen LogP contribution is 2.34. The smallest absolute Gasteiger partial charge is 0.282 e. The summed E-state index contributed by atoms with van der Waals surface area (Å²) < 4.78 is 22.8. The van der Waals surface area contributed by atoms with Crippen molar-refractivity contribution in [2.75, 3.05) is 46.8 Å². The van der Waals surface area contributed by atoms with Crippen LogP contribution in [0.3, 0.4) is 0 Å². The molecule has 180 valence electrons. The molecule has 0 spiro atoms. The molecule has 7 nitrogen and oxygen atoms in total. The molecule has 0 bridgehead atoms. The minimum absolute atomic E-state index is 0.0236. The Bertz CT molecular complexity index is 962. The molecular weight excluding hydrogens is 420 g/mol. The van der Waals surface area contributed by atoms with Gasteiger partial charge in [0.05, 0.1) is 41.5 Å². The third-order valence-electron chi connectivity index (χ3n) is 6.20. The van der Waals surface area contributed by atoms with Crippen molar-refractivity contribution in [3.63, 3.8) is 0 Å². The van der Waals surface area contributed by atoms with Gasteiger partial charge in [-0.05, 0) is 36.2 Å². The number of methoxy groups -OCH3 is 3. The predicted octanol–water partition coefficient (Wildman–Crippen LogP) is 4.49. The largest absolute Gasteiger partial charge is 0.493 e. The summed E-state index contributed by atoms with van der Waals surface area (Å²) in [6, 6.07) is 11.3. The highest BCUT2D eigenvalue weighted by molar-refractivity contribution is 5.94. The van der Waals surface area contributed by atoms with E-state index in [9.17, 15) is 4.79 Å². The zero-order valence-electron chi connectivity index (χ0n) is 20.6. The number of nitrogens with zero attached hydrogens (tertiary/aromatic N) is 1. The Morgan fingerprint density at radius 1 is 1.00 bits per heavy atom. The number of rotatable bonds is 10. The van der Waals surface area contributed by atoms with Crippen molar-refractivity contribution >= 4 is 11.6 Å². The van der Waals surface area contributed by atoms with Gasteiger partial charge in [0, 0.05) is 30.2 Å². The van der Waals surface area contributed by atoms with Crippen LogP contribution < -0.4 is 24.3 Å². The average molecular weight is 458 g/mol. The van der Waals surface area contributed by atoms with Gasteiger partial charge in [-0.2, -0.15) is 0 Å². The molecule has 0 radical (unpaired) electrons. The van der Waals surface area contributed by atoms with E-state index in [1.54, 1.807) is 21.3 Å². The molecule has 2 aromatic rings. The van der Waals surface area contributed by atoms with Crippen LogP contribution in [-0.4, -0.2) is 58.0 Å². The Labute approximate surface area is 197 Å². The maximum absolute atomic E-state index is 13.3. The lowest BCUT2D eigenvalue weighted by Crippen LogP contribution is -2.52. The van der Waals surface area contributed by atoms with Crippen LogP contribution in [0.4, 0.5) is 5.69 Å². The van der Waals surface area contributed by atoms with E-state index >= 15 is 0 Å². The summed E-state index contributed by atoms with van der Waals surface area (Å²) in [6.45, 7) is 6.45. The van der Waals surface area contributed by atoms with Crippen molar-refractivity contribution in [1.82, 2.24) is 0 Å². The molecule has 2 atom stereocenters. The molecule has 1 aliphatic heterocycles.